The molecular weight excluding hydrogens is 392 g/mol. The van der Waals surface area contributed by atoms with Crippen LogP contribution in [-0.4, -0.2) is 41.0 Å². The van der Waals surface area contributed by atoms with Crippen molar-refractivity contribution >= 4 is 28.5 Å². The molecule has 0 bridgehead atoms. The lowest BCUT2D eigenvalue weighted by atomic mass is 10.1. The zero-order valence-corrected chi connectivity index (χ0v) is 17.7. The summed E-state index contributed by atoms with van der Waals surface area (Å²) in [5.41, 5.74) is 4.31. The van der Waals surface area contributed by atoms with Gasteiger partial charge in [0.25, 0.3) is 5.91 Å². The first-order valence-electron chi connectivity index (χ1n) is 10.9. The van der Waals surface area contributed by atoms with Crippen molar-refractivity contribution in [2.24, 2.45) is 0 Å². The van der Waals surface area contributed by atoms with E-state index in [0.29, 0.717) is 18.5 Å². The molecule has 162 valence electrons. The molecule has 3 aromatic rings. The second-order valence-corrected chi connectivity index (χ2v) is 7.86. The quantitative estimate of drug-likeness (QED) is 0.519. The van der Waals surface area contributed by atoms with Crippen molar-refractivity contribution in [1.29, 1.82) is 0 Å². The van der Waals surface area contributed by atoms with Crippen molar-refractivity contribution in [3.05, 3.63) is 59.4 Å². The number of nitrogens with one attached hydrogen (secondary N) is 3. The number of carbonyl (C=O) groups is 2. The fraction of sp³-hybridized carbons (Fsp3) is 0.375. The number of hydrogen-bond acceptors (Lipinski definition) is 4. The molecule has 2 heterocycles. The summed E-state index contributed by atoms with van der Waals surface area (Å²) in [6.07, 6.45) is 4.24. The molecule has 4 rings (SSSR count). The summed E-state index contributed by atoms with van der Waals surface area (Å²) in [6.45, 7) is 3.16. The van der Waals surface area contributed by atoms with E-state index >= 15 is 0 Å². The van der Waals surface area contributed by atoms with Crippen LogP contribution < -0.4 is 10.6 Å². The minimum atomic E-state index is -0.0937. The molecule has 0 unspecified atom stereocenters. The van der Waals surface area contributed by atoms with Gasteiger partial charge in [0, 0.05) is 37.2 Å². The molecule has 0 aliphatic carbocycles. The van der Waals surface area contributed by atoms with Gasteiger partial charge in [-0.15, -0.1) is 0 Å². The topological polar surface area (TPSA) is 96.1 Å². The minimum absolute atomic E-state index is 0.00921. The fourth-order valence-corrected chi connectivity index (χ4v) is 3.70. The van der Waals surface area contributed by atoms with Gasteiger partial charge in [0.05, 0.1) is 17.1 Å². The van der Waals surface area contributed by atoms with Gasteiger partial charge in [0.1, 0.15) is 5.82 Å². The lowest BCUT2D eigenvalue weighted by Gasteiger charge is -2.10. The van der Waals surface area contributed by atoms with Gasteiger partial charge in [0.2, 0.25) is 5.91 Å². The maximum absolute atomic E-state index is 12.4. The third-order valence-corrected chi connectivity index (χ3v) is 5.52. The number of ether oxygens (including phenoxy) is 1. The summed E-state index contributed by atoms with van der Waals surface area (Å²) in [6, 6.07) is 13.4. The van der Waals surface area contributed by atoms with Crippen LogP contribution in [0.15, 0.2) is 42.5 Å². The van der Waals surface area contributed by atoms with Crippen molar-refractivity contribution in [3.8, 4) is 0 Å². The molecule has 1 aromatic heterocycles. The predicted octanol–water partition coefficient (Wildman–Crippen LogP) is 3.61. The van der Waals surface area contributed by atoms with E-state index in [2.05, 4.69) is 20.6 Å². The van der Waals surface area contributed by atoms with Crippen LogP contribution in [0.3, 0.4) is 0 Å². The molecular formula is C24H28N4O3. The molecule has 7 nitrogen and oxygen atoms in total. The Balaban J connectivity index is 1.34. The molecule has 1 aliphatic rings. The summed E-state index contributed by atoms with van der Waals surface area (Å²) in [4.78, 5) is 31.9. The van der Waals surface area contributed by atoms with E-state index in [1.807, 2.05) is 43.3 Å². The van der Waals surface area contributed by atoms with Crippen LogP contribution in [0.2, 0.25) is 0 Å². The number of aryl methyl sites for hydroxylation is 2. The standard InChI is InChI=1S/C24H28N4O3/c1-2-23(29)26-18-9-5-16(6-10-18)7-12-22-27-20-11-8-17(14-21(20)28-22)24(30)25-15-19-4-3-13-31-19/h5-6,8-11,14,19H,2-4,7,12-13,15H2,1H3,(H,25,30)(H,26,29)(H,27,28)/t19-/m1/s1. The lowest BCUT2D eigenvalue weighted by molar-refractivity contribution is -0.115. The average molecular weight is 421 g/mol. The van der Waals surface area contributed by atoms with Crippen LogP contribution in [0.1, 0.15) is 47.9 Å². The van der Waals surface area contributed by atoms with Gasteiger partial charge < -0.3 is 20.4 Å². The first-order chi connectivity index (χ1) is 15.1. The molecule has 1 fully saturated rings. The fourth-order valence-electron chi connectivity index (χ4n) is 3.70. The Morgan fingerprint density at radius 1 is 1.16 bits per heavy atom. The van der Waals surface area contributed by atoms with Crippen molar-refractivity contribution in [2.75, 3.05) is 18.5 Å². The van der Waals surface area contributed by atoms with E-state index in [-0.39, 0.29) is 17.9 Å². The Kier molecular flexibility index (Phi) is 6.62. The zero-order chi connectivity index (χ0) is 21.6. The van der Waals surface area contributed by atoms with Gasteiger partial charge in [-0.3, -0.25) is 9.59 Å². The lowest BCUT2D eigenvalue weighted by Crippen LogP contribution is -2.31. The normalized spacial score (nSPS) is 15.8. The van der Waals surface area contributed by atoms with Crippen LogP contribution in [0, 0.1) is 0 Å². The van der Waals surface area contributed by atoms with Gasteiger partial charge in [-0.25, -0.2) is 4.98 Å². The van der Waals surface area contributed by atoms with Crippen LogP contribution in [0.5, 0.6) is 0 Å². The summed E-state index contributed by atoms with van der Waals surface area (Å²) >= 11 is 0. The Hall–Kier alpha value is -3.19. The van der Waals surface area contributed by atoms with E-state index in [4.69, 9.17) is 4.74 Å². The van der Waals surface area contributed by atoms with Crippen LogP contribution in [0.25, 0.3) is 11.0 Å². The van der Waals surface area contributed by atoms with Gasteiger partial charge in [-0.1, -0.05) is 19.1 Å². The number of nitrogens with zero attached hydrogens (tertiary/aromatic N) is 1. The third kappa shape index (κ3) is 5.49. The number of H-pyrrole nitrogens is 1. The van der Waals surface area contributed by atoms with E-state index in [1.54, 1.807) is 6.07 Å². The van der Waals surface area contributed by atoms with Crippen LogP contribution in [0.4, 0.5) is 5.69 Å². The summed E-state index contributed by atoms with van der Waals surface area (Å²) in [5, 5.41) is 5.81. The Morgan fingerprint density at radius 3 is 2.74 bits per heavy atom. The second kappa shape index (κ2) is 9.75. The van der Waals surface area contributed by atoms with Crippen LogP contribution in [-0.2, 0) is 22.4 Å². The van der Waals surface area contributed by atoms with Crippen molar-refractivity contribution in [1.82, 2.24) is 15.3 Å². The third-order valence-electron chi connectivity index (χ3n) is 5.52. The molecule has 0 spiro atoms. The monoisotopic (exact) mass is 420 g/mol. The molecule has 0 radical (unpaired) electrons. The maximum Gasteiger partial charge on any atom is 0.251 e. The summed E-state index contributed by atoms with van der Waals surface area (Å²) < 4.78 is 5.56. The van der Waals surface area contributed by atoms with Crippen molar-refractivity contribution in [3.63, 3.8) is 0 Å². The summed E-state index contributed by atoms with van der Waals surface area (Å²) in [5.74, 6) is 0.800. The average Bonchev–Trinajstić information content (AvgIpc) is 3.45. The SMILES string of the molecule is CCC(=O)Nc1ccc(CCc2nc3ccc(C(=O)NC[C@H]4CCCO4)cc3[nH]2)cc1. The van der Waals surface area contributed by atoms with E-state index in [1.165, 1.54) is 5.56 Å². The molecule has 2 amide bonds. The molecule has 2 aromatic carbocycles. The zero-order valence-electron chi connectivity index (χ0n) is 17.7. The number of aromatic amines is 1. The highest BCUT2D eigenvalue weighted by molar-refractivity contribution is 5.97. The molecule has 1 atom stereocenters. The van der Waals surface area contributed by atoms with Crippen molar-refractivity contribution in [2.45, 2.75) is 45.1 Å². The highest BCUT2D eigenvalue weighted by Crippen LogP contribution is 2.17. The number of imidazole rings is 1. The minimum Gasteiger partial charge on any atom is -0.376 e. The van der Waals surface area contributed by atoms with Gasteiger partial charge in [-0.2, -0.15) is 0 Å². The number of anilines is 1. The molecule has 3 N–H and O–H groups in total. The highest BCUT2D eigenvalue weighted by Gasteiger charge is 2.17. The Morgan fingerprint density at radius 2 is 2.00 bits per heavy atom. The van der Waals surface area contributed by atoms with Gasteiger partial charge in [-0.05, 0) is 55.2 Å². The number of rotatable bonds is 8. The number of aromatic nitrogens is 2. The van der Waals surface area contributed by atoms with Crippen LogP contribution >= 0.6 is 0 Å². The van der Waals surface area contributed by atoms with Gasteiger partial charge in [0.15, 0.2) is 0 Å². The predicted molar refractivity (Wildman–Crippen MR) is 120 cm³/mol. The maximum atomic E-state index is 12.4. The number of hydrogen-bond donors (Lipinski definition) is 3. The largest absolute Gasteiger partial charge is 0.376 e. The highest BCUT2D eigenvalue weighted by atomic mass is 16.5. The summed E-state index contributed by atoms with van der Waals surface area (Å²) in [7, 11) is 0. The van der Waals surface area contributed by atoms with Gasteiger partial charge >= 0.3 is 0 Å². The number of fused-ring (bicyclic) bond motifs is 1. The van der Waals surface area contributed by atoms with E-state index in [9.17, 15) is 9.59 Å². The molecule has 31 heavy (non-hydrogen) atoms. The first kappa shape index (κ1) is 21.1. The van der Waals surface area contributed by atoms with E-state index < -0.39 is 0 Å². The van der Waals surface area contributed by atoms with E-state index in [0.717, 1.165) is 54.8 Å². The Labute approximate surface area is 181 Å². The smallest absolute Gasteiger partial charge is 0.251 e. The molecule has 1 saturated heterocycles. The first-order valence-corrected chi connectivity index (χ1v) is 10.9. The number of benzene rings is 2. The molecule has 7 heteroatoms. The van der Waals surface area contributed by atoms with Crippen molar-refractivity contribution < 1.29 is 14.3 Å². The number of amides is 2. The Bertz CT molecular complexity index is 1050. The molecule has 0 saturated carbocycles. The molecule has 1 aliphatic heterocycles. The second-order valence-electron chi connectivity index (χ2n) is 7.86. The number of carbonyl (C=O) groups excluding carboxylic acids is 2.